The van der Waals surface area contributed by atoms with Gasteiger partial charge >= 0.3 is 0 Å². The average molecular weight is 457 g/mol. The Morgan fingerprint density at radius 2 is 1.82 bits per heavy atom. The molecule has 34 heavy (non-hydrogen) atoms. The second-order valence-electron chi connectivity index (χ2n) is 9.81. The van der Waals surface area contributed by atoms with Crippen molar-refractivity contribution in [2.45, 2.75) is 39.7 Å². The first-order chi connectivity index (χ1) is 16.3. The van der Waals surface area contributed by atoms with E-state index in [4.69, 9.17) is 4.74 Å². The van der Waals surface area contributed by atoms with Crippen LogP contribution in [0.2, 0.25) is 0 Å². The SMILES string of the molecule is COc1ccc([C@@H]2C3=C(CC(C)(C)CC3=O)Nc3c(C(=O)Nc4ccc(C)cc4)cnn32)cc1. The van der Waals surface area contributed by atoms with Crippen LogP contribution in [0.15, 0.2) is 66.0 Å². The van der Waals surface area contributed by atoms with E-state index in [2.05, 4.69) is 29.6 Å². The predicted molar refractivity (Wildman–Crippen MR) is 131 cm³/mol. The molecule has 1 amide bonds. The van der Waals surface area contributed by atoms with E-state index in [0.29, 0.717) is 35.5 Å². The zero-order valence-corrected chi connectivity index (χ0v) is 19.8. The molecule has 7 nitrogen and oxygen atoms in total. The highest BCUT2D eigenvalue weighted by atomic mass is 16.5. The van der Waals surface area contributed by atoms with Gasteiger partial charge in [0.25, 0.3) is 5.91 Å². The summed E-state index contributed by atoms with van der Waals surface area (Å²) in [6.07, 6.45) is 2.75. The number of nitrogens with one attached hydrogen (secondary N) is 2. The van der Waals surface area contributed by atoms with Gasteiger partial charge in [-0.2, -0.15) is 5.10 Å². The summed E-state index contributed by atoms with van der Waals surface area (Å²) in [5, 5.41) is 10.9. The molecular weight excluding hydrogens is 428 g/mol. The number of allylic oxidation sites excluding steroid dienone is 2. The minimum absolute atomic E-state index is 0.103. The highest BCUT2D eigenvalue weighted by Crippen LogP contribution is 2.46. The molecule has 0 spiro atoms. The number of benzene rings is 2. The minimum Gasteiger partial charge on any atom is -0.497 e. The fraction of sp³-hybridized carbons (Fsp3) is 0.296. The molecule has 0 bridgehead atoms. The maximum absolute atomic E-state index is 13.3. The third-order valence-electron chi connectivity index (χ3n) is 6.49. The van der Waals surface area contributed by atoms with E-state index in [1.54, 1.807) is 18.0 Å². The molecule has 1 aromatic heterocycles. The number of amides is 1. The molecular formula is C27H28N4O3. The van der Waals surface area contributed by atoms with E-state index in [9.17, 15) is 9.59 Å². The summed E-state index contributed by atoms with van der Waals surface area (Å²) >= 11 is 0. The van der Waals surface area contributed by atoms with Crippen molar-refractivity contribution in [1.82, 2.24) is 9.78 Å². The minimum atomic E-state index is -0.415. The van der Waals surface area contributed by atoms with Gasteiger partial charge in [-0.1, -0.05) is 43.7 Å². The number of nitrogens with zero attached hydrogens (tertiary/aromatic N) is 2. The van der Waals surface area contributed by atoms with Crippen LogP contribution in [0.1, 0.15) is 54.2 Å². The molecule has 0 unspecified atom stereocenters. The Bertz CT molecular complexity index is 1300. The lowest BCUT2D eigenvalue weighted by Gasteiger charge is -2.39. The first-order valence-corrected chi connectivity index (χ1v) is 11.4. The van der Waals surface area contributed by atoms with Gasteiger partial charge in [-0.15, -0.1) is 0 Å². The normalized spacial score (nSPS) is 18.6. The molecule has 2 N–H and O–H groups in total. The Morgan fingerprint density at radius 1 is 1.12 bits per heavy atom. The Labute approximate surface area is 198 Å². The Morgan fingerprint density at radius 3 is 2.50 bits per heavy atom. The molecule has 174 valence electrons. The number of carbonyl (C=O) groups excluding carboxylic acids is 2. The van der Waals surface area contributed by atoms with Crippen molar-refractivity contribution in [2.75, 3.05) is 17.7 Å². The van der Waals surface area contributed by atoms with Gasteiger partial charge in [-0.3, -0.25) is 9.59 Å². The van der Waals surface area contributed by atoms with Gasteiger partial charge in [0.15, 0.2) is 5.78 Å². The molecule has 3 aromatic rings. The summed E-state index contributed by atoms with van der Waals surface area (Å²) in [7, 11) is 1.62. The van der Waals surface area contributed by atoms with Crippen molar-refractivity contribution in [1.29, 1.82) is 0 Å². The summed E-state index contributed by atoms with van der Waals surface area (Å²) in [5.41, 5.74) is 4.59. The van der Waals surface area contributed by atoms with Crippen molar-refractivity contribution in [3.8, 4) is 5.75 Å². The first-order valence-electron chi connectivity index (χ1n) is 11.4. The Kier molecular flexibility index (Phi) is 5.27. The van der Waals surface area contributed by atoms with Crippen LogP contribution in [0.3, 0.4) is 0 Å². The third kappa shape index (κ3) is 3.87. The van der Waals surface area contributed by atoms with Crippen molar-refractivity contribution in [3.05, 3.63) is 82.7 Å². The number of ether oxygens (including phenoxy) is 1. The van der Waals surface area contributed by atoms with E-state index in [1.165, 1.54) is 0 Å². The largest absolute Gasteiger partial charge is 0.497 e. The van der Waals surface area contributed by atoms with E-state index in [1.807, 2.05) is 55.5 Å². The van der Waals surface area contributed by atoms with Crippen LogP contribution in [0, 0.1) is 12.3 Å². The van der Waals surface area contributed by atoms with Crippen LogP contribution < -0.4 is 15.4 Å². The van der Waals surface area contributed by atoms with Crippen LogP contribution in [0.25, 0.3) is 0 Å². The van der Waals surface area contributed by atoms with Crippen molar-refractivity contribution >= 4 is 23.2 Å². The summed E-state index contributed by atoms with van der Waals surface area (Å²) in [5.74, 6) is 1.18. The lowest BCUT2D eigenvalue weighted by atomic mass is 9.73. The molecule has 7 heteroatoms. The van der Waals surface area contributed by atoms with Gasteiger partial charge in [0, 0.05) is 23.4 Å². The molecule has 2 aromatic carbocycles. The number of aryl methyl sites for hydroxylation is 1. The van der Waals surface area contributed by atoms with Crippen molar-refractivity contribution in [2.24, 2.45) is 5.41 Å². The number of hydrogen-bond donors (Lipinski definition) is 2. The van der Waals surface area contributed by atoms with Crippen LogP contribution in [0.4, 0.5) is 11.5 Å². The predicted octanol–water partition coefficient (Wildman–Crippen LogP) is 5.11. The molecule has 5 rings (SSSR count). The number of carbonyl (C=O) groups is 2. The van der Waals surface area contributed by atoms with Gasteiger partial charge < -0.3 is 15.4 Å². The Hall–Kier alpha value is -3.87. The summed E-state index contributed by atoms with van der Waals surface area (Å²) in [6, 6.07) is 14.9. The van der Waals surface area contributed by atoms with Crippen molar-refractivity contribution < 1.29 is 14.3 Å². The molecule has 1 atom stereocenters. The van der Waals surface area contributed by atoms with Gasteiger partial charge in [-0.05, 0) is 48.6 Å². The molecule has 0 saturated carbocycles. The number of fused-ring (bicyclic) bond motifs is 1. The fourth-order valence-electron chi connectivity index (χ4n) is 4.81. The number of ketones is 1. The summed E-state index contributed by atoms with van der Waals surface area (Å²) in [4.78, 5) is 26.5. The van der Waals surface area contributed by atoms with E-state index >= 15 is 0 Å². The zero-order chi connectivity index (χ0) is 24.0. The first kappa shape index (κ1) is 21.9. The van der Waals surface area contributed by atoms with Crippen LogP contribution >= 0.6 is 0 Å². The van der Waals surface area contributed by atoms with Crippen LogP contribution in [-0.4, -0.2) is 28.6 Å². The monoisotopic (exact) mass is 456 g/mol. The maximum atomic E-state index is 13.3. The lowest BCUT2D eigenvalue weighted by molar-refractivity contribution is -0.118. The molecule has 2 heterocycles. The van der Waals surface area contributed by atoms with E-state index in [-0.39, 0.29) is 17.1 Å². The van der Waals surface area contributed by atoms with Gasteiger partial charge in [0.2, 0.25) is 0 Å². The summed E-state index contributed by atoms with van der Waals surface area (Å²) < 4.78 is 7.06. The second kappa shape index (κ2) is 8.17. The molecule has 0 fully saturated rings. The highest BCUT2D eigenvalue weighted by molar-refractivity contribution is 6.08. The maximum Gasteiger partial charge on any atom is 0.261 e. The standard InChI is InChI=1S/C27H28N4O3/c1-16-5-9-18(10-6-16)29-26(33)20-15-28-31-24(17-7-11-19(34-4)12-8-17)23-21(30-25(20)31)13-27(2,3)14-22(23)32/h5-12,15,24,30H,13-14H2,1-4H3,(H,29,33)/t24-/m1/s1. The van der Waals surface area contributed by atoms with Crippen LogP contribution in [0.5, 0.6) is 5.75 Å². The summed E-state index contributed by atoms with van der Waals surface area (Å²) in [6.45, 7) is 6.19. The number of aromatic nitrogens is 2. The number of methoxy groups -OCH3 is 1. The highest BCUT2D eigenvalue weighted by Gasteiger charge is 2.42. The second-order valence-corrected chi connectivity index (χ2v) is 9.81. The zero-order valence-electron chi connectivity index (χ0n) is 19.8. The molecule has 2 aliphatic rings. The number of Topliss-reactive ketones (excluding diaryl/α,β-unsaturated/α-hetero) is 1. The molecule has 1 aliphatic carbocycles. The lowest BCUT2D eigenvalue weighted by Crippen LogP contribution is -2.37. The van der Waals surface area contributed by atoms with E-state index in [0.717, 1.165) is 22.6 Å². The smallest absolute Gasteiger partial charge is 0.261 e. The molecule has 0 saturated heterocycles. The van der Waals surface area contributed by atoms with Crippen LogP contribution in [-0.2, 0) is 4.79 Å². The average Bonchev–Trinajstić information content (AvgIpc) is 3.22. The van der Waals surface area contributed by atoms with Gasteiger partial charge in [-0.25, -0.2) is 4.68 Å². The van der Waals surface area contributed by atoms with Gasteiger partial charge in [0.1, 0.15) is 23.2 Å². The number of anilines is 2. The van der Waals surface area contributed by atoms with Crippen molar-refractivity contribution in [3.63, 3.8) is 0 Å². The number of hydrogen-bond acceptors (Lipinski definition) is 5. The quantitative estimate of drug-likeness (QED) is 0.570. The Balaban J connectivity index is 1.58. The fourth-order valence-corrected chi connectivity index (χ4v) is 4.81. The number of rotatable bonds is 4. The van der Waals surface area contributed by atoms with Gasteiger partial charge in [0.05, 0.1) is 13.3 Å². The topological polar surface area (TPSA) is 85.2 Å². The van der Waals surface area contributed by atoms with E-state index < -0.39 is 6.04 Å². The molecule has 0 radical (unpaired) electrons. The molecule has 1 aliphatic heterocycles. The third-order valence-corrected chi connectivity index (χ3v) is 6.49.